The quantitative estimate of drug-likeness (QED) is 0.588. The van der Waals surface area contributed by atoms with Crippen molar-refractivity contribution in [3.05, 3.63) is 38.6 Å². The number of halogens is 2. The third-order valence-electron chi connectivity index (χ3n) is 1.70. The average molecular weight is 276 g/mol. The molecule has 0 bridgehead atoms. The molecule has 1 aromatic carbocycles. The van der Waals surface area contributed by atoms with Gasteiger partial charge in [0.05, 0.1) is 9.62 Å². The lowest BCUT2D eigenvalue weighted by atomic mass is 10.2. The minimum absolute atomic E-state index is 0.0444. The number of hydrogen-bond donors (Lipinski definition) is 0. The second-order valence-corrected chi connectivity index (χ2v) is 4.59. The van der Waals surface area contributed by atoms with E-state index in [2.05, 4.69) is 15.9 Å². The van der Waals surface area contributed by atoms with Crippen molar-refractivity contribution < 1.29 is 9.31 Å². The summed E-state index contributed by atoms with van der Waals surface area (Å²) in [7, 11) is 0. The maximum absolute atomic E-state index is 13.3. The molecule has 2 aromatic rings. The van der Waals surface area contributed by atoms with Crippen molar-refractivity contribution in [2.24, 2.45) is 0 Å². The number of nitrogens with zero attached hydrogens (tertiary/aromatic N) is 1. The van der Waals surface area contributed by atoms with Crippen LogP contribution in [0.15, 0.2) is 22.7 Å². The molecule has 0 saturated carbocycles. The number of thiophene rings is 1. The van der Waals surface area contributed by atoms with Crippen molar-refractivity contribution in [1.29, 1.82) is 0 Å². The Bertz CT molecular complexity index is 525. The van der Waals surface area contributed by atoms with Crippen LogP contribution in [-0.2, 0) is 0 Å². The molecule has 1 aromatic heterocycles. The standard InChI is InChI=1S/C8H3BrFNO2S/c9-5-1-4-2-7(11(12)13)14-8(4)6(10)3-5/h1-3H. The van der Waals surface area contributed by atoms with Crippen LogP contribution in [0.1, 0.15) is 0 Å². The summed E-state index contributed by atoms with van der Waals surface area (Å²) in [5.74, 6) is -0.438. The number of nitro groups is 1. The highest BCUT2D eigenvalue weighted by molar-refractivity contribution is 9.10. The lowest BCUT2D eigenvalue weighted by Gasteiger charge is -1.92. The fourth-order valence-electron chi connectivity index (χ4n) is 1.15. The van der Waals surface area contributed by atoms with Gasteiger partial charge in [-0.15, -0.1) is 0 Å². The molecule has 3 nitrogen and oxygen atoms in total. The third kappa shape index (κ3) is 1.51. The van der Waals surface area contributed by atoms with E-state index in [9.17, 15) is 14.5 Å². The Morgan fingerprint density at radius 2 is 2.14 bits per heavy atom. The predicted molar refractivity (Wildman–Crippen MR) is 56.1 cm³/mol. The van der Waals surface area contributed by atoms with Gasteiger partial charge in [-0.2, -0.15) is 0 Å². The van der Waals surface area contributed by atoms with E-state index in [1.54, 1.807) is 6.07 Å². The minimum atomic E-state index is -0.516. The van der Waals surface area contributed by atoms with Crippen LogP contribution in [0.5, 0.6) is 0 Å². The number of rotatable bonds is 1. The van der Waals surface area contributed by atoms with Crippen LogP contribution < -0.4 is 0 Å². The molecule has 0 spiro atoms. The van der Waals surface area contributed by atoms with Crippen LogP contribution in [-0.4, -0.2) is 4.92 Å². The molecule has 72 valence electrons. The molecule has 0 radical (unpaired) electrons. The van der Waals surface area contributed by atoms with E-state index in [4.69, 9.17) is 0 Å². The SMILES string of the molecule is O=[N+]([O-])c1cc2cc(Br)cc(F)c2s1. The highest BCUT2D eigenvalue weighted by atomic mass is 79.9. The summed E-state index contributed by atoms with van der Waals surface area (Å²) < 4.78 is 14.2. The van der Waals surface area contributed by atoms with Crippen molar-refractivity contribution in [2.45, 2.75) is 0 Å². The molecule has 2 rings (SSSR count). The van der Waals surface area contributed by atoms with Gasteiger partial charge in [0.2, 0.25) is 0 Å². The van der Waals surface area contributed by atoms with E-state index in [0.717, 1.165) is 11.3 Å². The van der Waals surface area contributed by atoms with Crippen molar-refractivity contribution >= 4 is 42.4 Å². The first-order valence-electron chi connectivity index (χ1n) is 3.61. The summed E-state index contributed by atoms with van der Waals surface area (Å²) in [6.07, 6.45) is 0. The zero-order valence-electron chi connectivity index (χ0n) is 6.66. The van der Waals surface area contributed by atoms with E-state index < -0.39 is 10.7 Å². The number of fused-ring (bicyclic) bond motifs is 1. The summed E-state index contributed by atoms with van der Waals surface area (Å²) in [6, 6.07) is 4.32. The predicted octanol–water partition coefficient (Wildman–Crippen LogP) is 3.71. The van der Waals surface area contributed by atoms with Crippen molar-refractivity contribution in [3.63, 3.8) is 0 Å². The van der Waals surface area contributed by atoms with Gasteiger partial charge in [0.25, 0.3) is 0 Å². The minimum Gasteiger partial charge on any atom is -0.258 e. The molecule has 0 atom stereocenters. The Labute approximate surface area is 90.4 Å². The van der Waals surface area contributed by atoms with E-state index in [-0.39, 0.29) is 5.00 Å². The van der Waals surface area contributed by atoms with Gasteiger partial charge in [0.15, 0.2) is 0 Å². The molecular weight excluding hydrogens is 273 g/mol. The molecule has 0 aliphatic rings. The molecule has 0 N–H and O–H groups in total. The first-order chi connectivity index (χ1) is 6.58. The summed E-state index contributed by atoms with van der Waals surface area (Å²) in [6.45, 7) is 0. The highest BCUT2D eigenvalue weighted by Crippen LogP contribution is 2.34. The second kappa shape index (κ2) is 3.29. The van der Waals surface area contributed by atoms with Crippen LogP contribution in [0.3, 0.4) is 0 Å². The van der Waals surface area contributed by atoms with Crippen molar-refractivity contribution in [3.8, 4) is 0 Å². The maximum Gasteiger partial charge on any atom is 0.325 e. The average Bonchev–Trinajstić information content (AvgIpc) is 2.47. The van der Waals surface area contributed by atoms with E-state index in [1.165, 1.54) is 12.1 Å². The topological polar surface area (TPSA) is 43.1 Å². The number of hydrogen-bond acceptors (Lipinski definition) is 3. The Hall–Kier alpha value is -1.01. The number of benzene rings is 1. The fourth-order valence-corrected chi connectivity index (χ4v) is 2.46. The van der Waals surface area contributed by atoms with Gasteiger partial charge >= 0.3 is 5.00 Å². The van der Waals surface area contributed by atoms with E-state index >= 15 is 0 Å². The summed E-state index contributed by atoms with van der Waals surface area (Å²) in [5.41, 5.74) is 0. The summed E-state index contributed by atoms with van der Waals surface area (Å²) >= 11 is 3.97. The highest BCUT2D eigenvalue weighted by Gasteiger charge is 2.14. The monoisotopic (exact) mass is 275 g/mol. The van der Waals surface area contributed by atoms with Crippen LogP contribution in [0.25, 0.3) is 10.1 Å². The van der Waals surface area contributed by atoms with Gasteiger partial charge in [-0.1, -0.05) is 27.3 Å². The zero-order valence-corrected chi connectivity index (χ0v) is 9.06. The van der Waals surface area contributed by atoms with Crippen LogP contribution in [0.4, 0.5) is 9.39 Å². The molecule has 0 fully saturated rings. The van der Waals surface area contributed by atoms with Crippen molar-refractivity contribution in [2.75, 3.05) is 0 Å². The molecule has 0 amide bonds. The molecular formula is C8H3BrFNO2S. The largest absolute Gasteiger partial charge is 0.325 e. The molecule has 0 saturated heterocycles. The van der Waals surface area contributed by atoms with Gasteiger partial charge in [0, 0.05) is 15.9 Å². The molecule has 1 heterocycles. The lowest BCUT2D eigenvalue weighted by molar-refractivity contribution is -0.380. The van der Waals surface area contributed by atoms with Gasteiger partial charge in [-0.3, -0.25) is 10.1 Å². The second-order valence-electron chi connectivity index (χ2n) is 2.65. The lowest BCUT2D eigenvalue weighted by Crippen LogP contribution is -1.80. The Kier molecular flexibility index (Phi) is 2.24. The Balaban J connectivity index is 2.76. The van der Waals surface area contributed by atoms with Crippen LogP contribution in [0.2, 0.25) is 0 Å². The van der Waals surface area contributed by atoms with E-state index in [1.807, 2.05) is 0 Å². The van der Waals surface area contributed by atoms with Crippen LogP contribution in [0, 0.1) is 15.9 Å². The first kappa shape index (κ1) is 9.54. The molecule has 6 heteroatoms. The normalized spacial score (nSPS) is 10.7. The van der Waals surface area contributed by atoms with Gasteiger partial charge < -0.3 is 0 Å². The molecule has 14 heavy (non-hydrogen) atoms. The maximum atomic E-state index is 13.3. The summed E-state index contributed by atoms with van der Waals surface area (Å²) in [5, 5.41) is 11.0. The Morgan fingerprint density at radius 1 is 1.43 bits per heavy atom. The van der Waals surface area contributed by atoms with Gasteiger partial charge in [-0.05, 0) is 12.1 Å². The fraction of sp³-hybridized carbons (Fsp3) is 0. The van der Waals surface area contributed by atoms with Gasteiger partial charge in [-0.25, -0.2) is 4.39 Å². The smallest absolute Gasteiger partial charge is 0.258 e. The summed E-state index contributed by atoms with van der Waals surface area (Å²) in [4.78, 5) is 9.93. The van der Waals surface area contributed by atoms with Crippen LogP contribution >= 0.6 is 27.3 Å². The third-order valence-corrected chi connectivity index (χ3v) is 3.27. The zero-order chi connectivity index (χ0) is 10.3. The van der Waals surface area contributed by atoms with Crippen molar-refractivity contribution in [1.82, 2.24) is 0 Å². The Morgan fingerprint density at radius 3 is 2.79 bits per heavy atom. The first-order valence-corrected chi connectivity index (χ1v) is 5.22. The van der Waals surface area contributed by atoms with Gasteiger partial charge in [0.1, 0.15) is 5.82 Å². The molecule has 0 aliphatic carbocycles. The molecule has 0 unspecified atom stereocenters. The molecule has 0 aliphatic heterocycles. The van der Waals surface area contributed by atoms with E-state index in [0.29, 0.717) is 14.6 Å².